The Morgan fingerprint density at radius 1 is 1.20 bits per heavy atom. The first-order chi connectivity index (χ1) is 12.0. The summed E-state index contributed by atoms with van der Waals surface area (Å²) < 4.78 is 5.40. The number of hydrogen-bond acceptors (Lipinski definition) is 4. The van der Waals surface area contributed by atoms with E-state index in [-0.39, 0.29) is 12.5 Å². The molecule has 1 aromatic carbocycles. The number of pyridine rings is 1. The SMILES string of the molecule is CCOc1ccc(CC(CNC(=O)c2ccc(C)nc2)C(N)=O)cc1. The number of hydrogen-bond donors (Lipinski definition) is 2. The molecule has 132 valence electrons. The molecule has 0 spiro atoms. The van der Waals surface area contributed by atoms with E-state index >= 15 is 0 Å². The van der Waals surface area contributed by atoms with Crippen LogP contribution >= 0.6 is 0 Å². The number of primary amides is 1. The van der Waals surface area contributed by atoms with Crippen molar-refractivity contribution < 1.29 is 14.3 Å². The maximum absolute atomic E-state index is 12.1. The highest BCUT2D eigenvalue weighted by molar-refractivity contribution is 5.94. The molecule has 0 aliphatic heterocycles. The molecule has 0 aliphatic rings. The van der Waals surface area contributed by atoms with Crippen LogP contribution in [0.2, 0.25) is 0 Å². The normalized spacial score (nSPS) is 11.6. The Balaban J connectivity index is 1.95. The number of aromatic nitrogens is 1. The summed E-state index contributed by atoms with van der Waals surface area (Å²) in [7, 11) is 0. The average molecular weight is 341 g/mol. The van der Waals surface area contributed by atoms with Crippen molar-refractivity contribution in [1.82, 2.24) is 10.3 Å². The van der Waals surface area contributed by atoms with Gasteiger partial charge in [-0.3, -0.25) is 14.6 Å². The molecule has 1 unspecified atom stereocenters. The van der Waals surface area contributed by atoms with Crippen LogP contribution in [0.25, 0.3) is 0 Å². The fourth-order valence-electron chi connectivity index (χ4n) is 2.37. The Morgan fingerprint density at radius 3 is 2.48 bits per heavy atom. The molecule has 0 radical (unpaired) electrons. The topological polar surface area (TPSA) is 94.3 Å². The van der Waals surface area contributed by atoms with Gasteiger partial charge in [0.05, 0.1) is 18.1 Å². The molecule has 2 aromatic rings. The van der Waals surface area contributed by atoms with Crippen molar-refractivity contribution in [3.8, 4) is 5.75 Å². The Kier molecular flexibility index (Phi) is 6.51. The highest BCUT2D eigenvalue weighted by Crippen LogP contribution is 2.15. The van der Waals surface area contributed by atoms with E-state index in [9.17, 15) is 9.59 Å². The van der Waals surface area contributed by atoms with Gasteiger partial charge < -0.3 is 15.8 Å². The monoisotopic (exact) mass is 341 g/mol. The quantitative estimate of drug-likeness (QED) is 0.766. The van der Waals surface area contributed by atoms with E-state index in [2.05, 4.69) is 10.3 Å². The van der Waals surface area contributed by atoms with Crippen molar-refractivity contribution in [3.63, 3.8) is 0 Å². The zero-order valence-corrected chi connectivity index (χ0v) is 14.5. The van der Waals surface area contributed by atoms with Crippen molar-refractivity contribution >= 4 is 11.8 Å². The fraction of sp³-hybridized carbons (Fsp3) is 0.316. The van der Waals surface area contributed by atoms with Crippen molar-refractivity contribution in [2.75, 3.05) is 13.2 Å². The summed E-state index contributed by atoms with van der Waals surface area (Å²) in [4.78, 5) is 27.9. The summed E-state index contributed by atoms with van der Waals surface area (Å²) in [6.45, 7) is 4.54. The van der Waals surface area contributed by atoms with Gasteiger partial charge in [-0.15, -0.1) is 0 Å². The van der Waals surface area contributed by atoms with Gasteiger partial charge in [-0.2, -0.15) is 0 Å². The predicted octanol–water partition coefficient (Wildman–Crippen LogP) is 1.86. The van der Waals surface area contributed by atoms with Gasteiger partial charge in [0.25, 0.3) is 5.91 Å². The van der Waals surface area contributed by atoms with Gasteiger partial charge in [0, 0.05) is 18.4 Å². The molecule has 0 fully saturated rings. The van der Waals surface area contributed by atoms with Crippen LogP contribution in [-0.4, -0.2) is 29.9 Å². The number of nitrogens with zero attached hydrogens (tertiary/aromatic N) is 1. The van der Waals surface area contributed by atoms with Gasteiger partial charge >= 0.3 is 0 Å². The molecule has 0 bridgehead atoms. The summed E-state index contributed by atoms with van der Waals surface area (Å²) in [5.74, 6) is -0.427. The number of aryl methyl sites for hydroxylation is 1. The summed E-state index contributed by atoms with van der Waals surface area (Å²) in [5, 5.41) is 2.75. The molecule has 6 heteroatoms. The zero-order valence-electron chi connectivity index (χ0n) is 14.5. The third-order valence-corrected chi connectivity index (χ3v) is 3.80. The third-order valence-electron chi connectivity index (χ3n) is 3.80. The first-order valence-electron chi connectivity index (χ1n) is 8.21. The second-order valence-electron chi connectivity index (χ2n) is 5.78. The van der Waals surface area contributed by atoms with Crippen LogP contribution < -0.4 is 15.8 Å². The Bertz CT molecular complexity index is 712. The number of benzene rings is 1. The standard InChI is InChI=1S/C19H23N3O3/c1-3-25-17-8-5-14(6-9-17)10-16(18(20)23)12-22-19(24)15-7-4-13(2)21-11-15/h4-9,11,16H,3,10,12H2,1-2H3,(H2,20,23)(H,22,24). The molecular formula is C19H23N3O3. The molecule has 1 heterocycles. The van der Waals surface area contributed by atoms with Gasteiger partial charge in [0.1, 0.15) is 5.75 Å². The lowest BCUT2D eigenvalue weighted by molar-refractivity contribution is -0.121. The molecule has 0 aliphatic carbocycles. The molecule has 1 aromatic heterocycles. The van der Waals surface area contributed by atoms with Crippen LogP contribution in [0.15, 0.2) is 42.6 Å². The zero-order chi connectivity index (χ0) is 18.2. The second-order valence-corrected chi connectivity index (χ2v) is 5.78. The largest absolute Gasteiger partial charge is 0.494 e. The number of nitrogens with one attached hydrogen (secondary N) is 1. The van der Waals surface area contributed by atoms with Crippen LogP contribution in [-0.2, 0) is 11.2 Å². The van der Waals surface area contributed by atoms with Crippen molar-refractivity contribution in [2.24, 2.45) is 11.7 Å². The maximum atomic E-state index is 12.1. The molecule has 0 saturated heterocycles. The minimum Gasteiger partial charge on any atom is -0.494 e. The maximum Gasteiger partial charge on any atom is 0.252 e. The summed E-state index contributed by atoms with van der Waals surface area (Å²) in [6, 6.07) is 11.0. The van der Waals surface area contributed by atoms with Crippen LogP contribution in [0.5, 0.6) is 5.75 Å². The fourth-order valence-corrected chi connectivity index (χ4v) is 2.37. The predicted molar refractivity (Wildman–Crippen MR) is 95.3 cm³/mol. The number of rotatable bonds is 8. The van der Waals surface area contributed by atoms with Crippen LogP contribution in [0.1, 0.15) is 28.5 Å². The van der Waals surface area contributed by atoms with Gasteiger partial charge in [0.2, 0.25) is 5.91 Å². The third kappa shape index (κ3) is 5.60. The number of carbonyl (C=O) groups excluding carboxylic acids is 2. The number of nitrogens with two attached hydrogens (primary N) is 1. The first-order valence-corrected chi connectivity index (χ1v) is 8.21. The van der Waals surface area contributed by atoms with Crippen LogP contribution in [0.3, 0.4) is 0 Å². The Labute approximate surface area is 147 Å². The Morgan fingerprint density at radius 2 is 1.92 bits per heavy atom. The highest BCUT2D eigenvalue weighted by atomic mass is 16.5. The van der Waals surface area contributed by atoms with Crippen molar-refractivity contribution in [1.29, 1.82) is 0 Å². The second kappa shape index (κ2) is 8.82. The van der Waals surface area contributed by atoms with Crippen molar-refractivity contribution in [2.45, 2.75) is 20.3 Å². The van der Waals surface area contributed by atoms with E-state index in [1.54, 1.807) is 12.1 Å². The summed E-state index contributed by atoms with van der Waals surface area (Å²) in [6.07, 6.45) is 1.96. The van der Waals surface area contributed by atoms with E-state index in [1.165, 1.54) is 6.20 Å². The summed E-state index contributed by atoms with van der Waals surface area (Å²) >= 11 is 0. The van der Waals surface area contributed by atoms with Gasteiger partial charge in [-0.1, -0.05) is 12.1 Å². The molecule has 3 N–H and O–H groups in total. The molecule has 25 heavy (non-hydrogen) atoms. The van der Waals surface area contributed by atoms with E-state index in [1.807, 2.05) is 38.1 Å². The van der Waals surface area contributed by atoms with E-state index in [4.69, 9.17) is 10.5 Å². The lowest BCUT2D eigenvalue weighted by Gasteiger charge is -2.15. The average Bonchev–Trinajstić information content (AvgIpc) is 2.60. The molecule has 0 saturated carbocycles. The van der Waals surface area contributed by atoms with E-state index in [0.717, 1.165) is 17.0 Å². The van der Waals surface area contributed by atoms with E-state index in [0.29, 0.717) is 18.6 Å². The Hall–Kier alpha value is -2.89. The highest BCUT2D eigenvalue weighted by Gasteiger charge is 2.18. The van der Waals surface area contributed by atoms with Gasteiger partial charge in [0.15, 0.2) is 0 Å². The lowest BCUT2D eigenvalue weighted by atomic mass is 9.98. The molecule has 2 rings (SSSR count). The van der Waals surface area contributed by atoms with Crippen LogP contribution in [0.4, 0.5) is 0 Å². The smallest absolute Gasteiger partial charge is 0.252 e. The van der Waals surface area contributed by atoms with E-state index < -0.39 is 11.8 Å². The first kappa shape index (κ1) is 18.4. The molecule has 6 nitrogen and oxygen atoms in total. The van der Waals surface area contributed by atoms with Gasteiger partial charge in [-0.25, -0.2) is 0 Å². The minimum absolute atomic E-state index is 0.176. The summed E-state index contributed by atoms with van der Waals surface area (Å²) in [5.41, 5.74) is 7.73. The minimum atomic E-state index is -0.486. The lowest BCUT2D eigenvalue weighted by Crippen LogP contribution is -2.37. The molecule has 1 atom stereocenters. The molecule has 2 amide bonds. The van der Waals surface area contributed by atoms with Crippen molar-refractivity contribution in [3.05, 3.63) is 59.4 Å². The number of ether oxygens (including phenoxy) is 1. The molecular weight excluding hydrogens is 318 g/mol. The number of amides is 2. The van der Waals surface area contributed by atoms with Crippen LogP contribution in [0, 0.1) is 12.8 Å². The van der Waals surface area contributed by atoms with Gasteiger partial charge in [-0.05, 0) is 50.1 Å². The number of carbonyl (C=O) groups is 2.